The fraction of sp³-hybridized carbons (Fsp3) is 0.353. The Morgan fingerprint density at radius 1 is 0.706 bits per heavy atom. The molecule has 0 aliphatic carbocycles. The van der Waals surface area contributed by atoms with Crippen LogP contribution in [-0.4, -0.2) is 0 Å². The van der Waals surface area contributed by atoms with E-state index in [1.807, 2.05) is 19.9 Å². The average molecular weight is 455 g/mol. The molecule has 0 heterocycles. The quantitative estimate of drug-likeness (QED) is 0.246. The molecule has 0 aliphatic rings. The van der Waals surface area contributed by atoms with E-state index in [1.165, 1.54) is 82.2 Å². The summed E-state index contributed by atoms with van der Waals surface area (Å²) < 4.78 is 0. The lowest BCUT2D eigenvalue weighted by Gasteiger charge is -2.09. The number of rotatable bonds is 7. The largest absolute Gasteiger partial charge is 0.100 e. The minimum absolute atomic E-state index is 1.17. The smallest absolute Gasteiger partial charge is 0.0152 e. The van der Waals surface area contributed by atoms with E-state index < -0.39 is 0 Å². The van der Waals surface area contributed by atoms with Gasteiger partial charge >= 0.3 is 0 Å². The number of hydrogen-bond donors (Lipinski definition) is 0. The molecule has 182 valence electrons. The molecule has 0 fully saturated rings. The molecule has 0 aromatic heterocycles. The third-order valence-electron chi connectivity index (χ3n) is 5.81. The molecule has 3 aromatic carbocycles. The zero-order valence-electron chi connectivity index (χ0n) is 22.8. The Balaban J connectivity index is 0.000000297. The highest BCUT2D eigenvalue weighted by Gasteiger charge is 2.04. The van der Waals surface area contributed by atoms with Crippen molar-refractivity contribution in [2.75, 3.05) is 0 Å². The van der Waals surface area contributed by atoms with E-state index in [0.29, 0.717) is 0 Å². The second-order valence-electron chi connectivity index (χ2n) is 9.53. The van der Waals surface area contributed by atoms with Gasteiger partial charge in [-0.05, 0) is 98.9 Å². The van der Waals surface area contributed by atoms with E-state index in [9.17, 15) is 0 Å². The normalized spacial score (nSPS) is 9.85. The highest BCUT2D eigenvalue weighted by atomic mass is 14.1. The lowest BCUT2D eigenvalue weighted by molar-refractivity contribution is 0.666. The van der Waals surface area contributed by atoms with Gasteiger partial charge < -0.3 is 0 Å². The summed E-state index contributed by atoms with van der Waals surface area (Å²) in [5.74, 6) is 0. The summed E-state index contributed by atoms with van der Waals surface area (Å²) in [4.78, 5) is 0. The van der Waals surface area contributed by atoms with Crippen molar-refractivity contribution in [2.24, 2.45) is 0 Å². The van der Waals surface area contributed by atoms with Gasteiger partial charge in [-0.25, -0.2) is 0 Å². The van der Waals surface area contributed by atoms with E-state index in [2.05, 4.69) is 108 Å². The number of allylic oxidation sites excluding steroid dienone is 1. The monoisotopic (exact) mass is 454 g/mol. The van der Waals surface area contributed by atoms with Crippen molar-refractivity contribution in [1.82, 2.24) is 0 Å². The second kappa shape index (κ2) is 15.9. The summed E-state index contributed by atoms with van der Waals surface area (Å²) in [6.45, 7) is 22.2. The van der Waals surface area contributed by atoms with Crippen LogP contribution in [0.25, 0.3) is 17.2 Å². The van der Waals surface area contributed by atoms with Crippen molar-refractivity contribution in [3.8, 4) is 11.1 Å². The van der Waals surface area contributed by atoms with Crippen molar-refractivity contribution in [3.05, 3.63) is 113 Å². The molecular formula is C34H46. The topological polar surface area (TPSA) is 0 Å². The van der Waals surface area contributed by atoms with Gasteiger partial charge in [0.25, 0.3) is 0 Å². The molecule has 0 N–H and O–H groups in total. The lowest BCUT2D eigenvalue weighted by Crippen LogP contribution is -1.88. The van der Waals surface area contributed by atoms with Crippen LogP contribution in [0.1, 0.15) is 79.8 Å². The maximum Gasteiger partial charge on any atom is -0.0152 e. The predicted molar refractivity (Wildman–Crippen MR) is 156 cm³/mol. The number of benzene rings is 3. The van der Waals surface area contributed by atoms with Crippen LogP contribution in [0.4, 0.5) is 0 Å². The summed E-state index contributed by atoms with van der Waals surface area (Å²) in [5, 5.41) is 0. The predicted octanol–water partition coefficient (Wildman–Crippen LogP) is 10.6. The Kier molecular flexibility index (Phi) is 13.6. The molecule has 0 heteroatoms. The minimum Gasteiger partial charge on any atom is -0.100 e. The van der Waals surface area contributed by atoms with Gasteiger partial charge in [-0.15, -0.1) is 6.58 Å². The molecule has 0 aliphatic heterocycles. The van der Waals surface area contributed by atoms with E-state index in [0.717, 1.165) is 0 Å². The molecule has 3 rings (SSSR count). The van der Waals surface area contributed by atoms with Gasteiger partial charge in [0.2, 0.25) is 0 Å². The Morgan fingerprint density at radius 2 is 1.35 bits per heavy atom. The lowest BCUT2D eigenvalue weighted by atomic mass is 9.95. The standard InChI is InChI=1S/C16H16.C14H22.C4H8/c1-4-14-9-10-16(13(3)11-14)15-8-6-5-7-12(15)2;1-4-5-6-7-8-14-10-9-12(2)13(3)11-14;1-4(2)3/h4-11H,1H2,2-3H3;9-11H,4-8H2,1-3H3;1H2,2-3H3. The van der Waals surface area contributed by atoms with Crippen LogP contribution in [0, 0.1) is 27.7 Å². The zero-order chi connectivity index (χ0) is 25.5. The molecule has 34 heavy (non-hydrogen) atoms. The molecule has 0 unspecified atom stereocenters. The van der Waals surface area contributed by atoms with Gasteiger partial charge in [-0.1, -0.05) is 105 Å². The maximum atomic E-state index is 3.79. The van der Waals surface area contributed by atoms with Crippen LogP contribution in [0.5, 0.6) is 0 Å². The van der Waals surface area contributed by atoms with Gasteiger partial charge in [-0.3, -0.25) is 0 Å². The zero-order valence-corrected chi connectivity index (χ0v) is 22.8. The van der Waals surface area contributed by atoms with Crippen LogP contribution < -0.4 is 0 Å². The first-order valence-electron chi connectivity index (χ1n) is 12.7. The number of hydrogen-bond acceptors (Lipinski definition) is 0. The van der Waals surface area contributed by atoms with E-state index in [-0.39, 0.29) is 0 Å². The van der Waals surface area contributed by atoms with Gasteiger partial charge in [0.15, 0.2) is 0 Å². The molecule has 0 saturated heterocycles. The molecule has 3 aromatic rings. The van der Waals surface area contributed by atoms with Crippen molar-refractivity contribution in [2.45, 2.75) is 80.6 Å². The molecule has 0 spiro atoms. The van der Waals surface area contributed by atoms with Crippen LogP contribution in [-0.2, 0) is 6.42 Å². The minimum atomic E-state index is 1.17. The van der Waals surface area contributed by atoms with Gasteiger partial charge in [0.05, 0.1) is 0 Å². The Hall–Kier alpha value is -2.86. The van der Waals surface area contributed by atoms with E-state index in [1.54, 1.807) is 0 Å². The summed E-state index contributed by atoms with van der Waals surface area (Å²) in [6, 6.07) is 21.8. The first kappa shape index (κ1) is 29.2. The van der Waals surface area contributed by atoms with Gasteiger partial charge in [0, 0.05) is 0 Å². The summed E-state index contributed by atoms with van der Waals surface area (Å²) in [7, 11) is 0. The van der Waals surface area contributed by atoms with Crippen LogP contribution >= 0.6 is 0 Å². The SMILES string of the molecule is C=C(C)C.C=Cc1ccc(-c2ccccc2C)c(C)c1.CCCCCCc1ccc(C)c(C)c1. The highest BCUT2D eigenvalue weighted by Crippen LogP contribution is 2.27. The summed E-state index contributed by atoms with van der Waals surface area (Å²) in [5.41, 5.74) is 11.9. The summed E-state index contributed by atoms with van der Waals surface area (Å²) >= 11 is 0. The van der Waals surface area contributed by atoms with Crippen molar-refractivity contribution in [3.63, 3.8) is 0 Å². The Morgan fingerprint density at radius 3 is 1.91 bits per heavy atom. The molecule has 0 radical (unpaired) electrons. The second-order valence-corrected chi connectivity index (χ2v) is 9.53. The highest BCUT2D eigenvalue weighted by molar-refractivity contribution is 5.71. The fourth-order valence-corrected chi connectivity index (χ4v) is 3.71. The van der Waals surface area contributed by atoms with Crippen LogP contribution in [0.3, 0.4) is 0 Å². The fourth-order valence-electron chi connectivity index (χ4n) is 3.71. The van der Waals surface area contributed by atoms with Crippen molar-refractivity contribution in [1.29, 1.82) is 0 Å². The molecule has 0 bridgehead atoms. The molecular weight excluding hydrogens is 408 g/mol. The molecule has 0 saturated carbocycles. The van der Waals surface area contributed by atoms with Gasteiger partial charge in [-0.2, -0.15) is 0 Å². The average Bonchev–Trinajstić information content (AvgIpc) is 2.80. The first-order valence-corrected chi connectivity index (χ1v) is 12.7. The van der Waals surface area contributed by atoms with Gasteiger partial charge in [0.1, 0.15) is 0 Å². The van der Waals surface area contributed by atoms with E-state index >= 15 is 0 Å². The third-order valence-corrected chi connectivity index (χ3v) is 5.81. The van der Waals surface area contributed by atoms with Crippen LogP contribution in [0.15, 0.2) is 79.4 Å². The molecule has 0 nitrogen and oxygen atoms in total. The third kappa shape index (κ3) is 10.8. The Bertz CT molecular complexity index is 1030. The van der Waals surface area contributed by atoms with Crippen molar-refractivity contribution >= 4 is 6.08 Å². The number of unbranched alkanes of at least 4 members (excludes halogenated alkanes) is 3. The molecule has 0 amide bonds. The maximum absolute atomic E-state index is 3.79. The number of aryl methyl sites for hydroxylation is 5. The van der Waals surface area contributed by atoms with Crippen LogP contribution in [0.2, 0.25) is 0 Å². The van der Waals surface area contributed by atoms with Crippen molar-refractivity contribution < 1.29 is 0 Å². The van der Waals surface area contributed by atoms with E-state index in [4.69, 9.17) is 0 Å². The first-order chi connectivity index (χ1) is 16.2. The molecule has 0 atom stereocenters. The summed E-state index contributed by atoms with van der Waals surface area (Å²) in [6.07, 6.45) is 8.56. The Labute approximate surface area is 210 Å².